The number of hydrogen-bond donors (Lipinski definition) is 3. The van der Waals surface area contributed by atoms with Crippen LogP contribution in [0.1, 0.15) is 22.1 Å². The minimum atomic E-state index is -1.20. The van der Waals surface area contributed by atoms with Crippen molar-refractivity contribution in [2.75, 3.05) is 6.54 Å². The van der Waals surface area contributed by atoms with Crippen molar-refractivity contribution in [3.63, 3.8) is 0 Å². The molecule has 0 aromatic carbocycles. The van der Waals surface area contributed by atoms with Crippen LogP contribution in [0, 0.1) is 0 Å². The van der Waals surface area contributed by atoms with Gasteiger partial charge in [-0.05, 0) is 22.6 Å². The van der Waals surface area contributed by atoms with Gasteiger partial charge in [0.05, 0.1) is 6.42 Å². The molecule has 0 bridgehead atoms. The molecule has 1 amide bonds. The first-order chi connectivity index (χ1) is 10.5. The van der Waals surface area contributed by atoms with Crippen molar-refractivity contribution in [1.82, 2.24) is 25.5 Å². The second-order valence-corrected chi connectivity index (χ2v) is 4.17. The van der Waals surface area contributed by atoms with Crippen LogP contribution in [0.25, 0.3) is 0 Å². The maximum atomic E-state index is 11.5. The molecule has 0 saturated carbocycles. The summed E-state index contributed by atoms with van der Waals surface area (Å²) in [5, 5.41) is 30.1. The smallest absolute Gasteiger partial charge is 0.371 e. The second kappa shape index (κ2) is 6.47. The summed E-state index contributed by atoms with van der Waals surface area (Å²) in [6, 6.07) is 2.75. The van der Waals surface area contributed by atoms with Crippen LogP contribution in [-0.2, 0) is 22.6 Å². The van der Waals surface area contributed by atoms with Gasteiger partial charge in [0, 0.05) is 0 Å². The van der Waals surface area contributed by atoms with Crippen LogP contribution in [0.15, 0.2) is 16.5 Å². The van der Waals surface area contributed by atoms with Crippen LogP contribution in [0.4, 0.5) is 0 Å². The lowest BCUT2D eigenvalue weighted by atomic mass is 10.3. The van der Waals surface area contributed by atoms with Crippen molar-refractivity contribution >= 4 is 17.8 Å². The average molecular weight is 309 g/mol. The Balaban J connectivity index is 2.01. The Hall–Kier alpha value is -3.24. The predicted molar refractivity (Wildman–Crippen MR) is 66.9 cm³/mol. The first kappa shape index (κ1) is 15.2. The van der Waals surface area contributed by atoms with Crippen LogP contribution < -0.4 is 5.32 Å². The highest BCUT2D eigenvalue weighted by molar-refractivity contribution is 5.84. The molecule has 0 aliphatic heterocycles. The lowest BCUT2D eigenvalue weighted by Crippen LogP contribution is -2.31. The number of nitrogens with zero attached hydrogens (tertiary/aromatic N) is 4. The van der Waals surface area contributed by atoms with E-state index >= 15 is 0 Å². The van der Waals surface area contributed by atoms with E-state index in [1.165, 1.54) is 16.8 Å². The topological polar surface area (TPSA) is 160 Å². The standard InChI is InChI=1S/C11H11N5O6/c17-9(12-4-10(18)19)3-8-13-14-15-16(8)5-6-1-2-7(22-6)11(20)21/h1-2H,3-5H2,(H,12,17)(H,18,19)(H,20,21). The molecular formula is C11H11N5O6. The zero-order chi connectivity index (χ0) is 16.1. The summed E-state index contributed by atoms with van der Waals surface area (Å²) in [6.07, 6.45) is -0.215. The number of amides is 1. The second-order valence-electron chi connectivity index (χ2n) is 4.17. The minimum Gasteiger partial charge on any atom is -0.480 e. The summed E-state index contributed by atoms with van der Waals surface area (Å²) in [5.41, 5.74) is 0. The van der Waals surface area contributed by atoms with Gasteiger partial charge in [-0.3, -0.25) is 9.59 Å². The molecule has 0 atom stereocenters. The number of aromatic nitrogens is 4. The van der Waals surface area contributed by atoms with E-state index < -0.39 is 24.4 Å². The molecule has 11 nitrogen and oxygen atoms in total. The zero-order valence-corrected chi connectivity index (χ0v) is 11.1. The molecule has 0 unspecified atom stereocenters. The molecule has 0 radical (unpaired) electrons. The van der Waals surface area contributed by atoms with Gasteiger partial charge in [-0.25, -0.2) is 9.48 Å². The van der Waals surface area contributed by atoms with Gasteiger partial charge in [0.2, 0.25) is 11.7 Å². The van der Waals surface area contributed by atoms with Crippen molar-refractivity contribution in [2.24, 2.45) is 0 Å². The summed E-state index contributed by atoms with van der Waals surface area (Å²) < 4.78 is 6.32. The summed E-state index contributed by atoms with van der Waals surface area (Å²) >= 11 is 0. The highest BCUT2D eigenvalue weighted by Gasteiger charge is 2.15. The minimum absolute atomic E-state index is 0.0435. The van der Waals surface area contributed by atoms with Gasteiger partial charge in [-0.2, -0.15) is 0 Å². The molecule has 116 valence electrons. The number of carboxylic acids is 2. The van der Waals surface area contributed by atoms with E-state index in [2.05, 4.69) is 20.8 Å². The van der Waals surface area contributed by atoms with Gasteiger partial charge in [-0.1, -0.05) is 0 Å². The van der Waals surface area contributed by atoms with Crippen LogP contribution >= 0.6 is 0 Å². The number of nitrogens with one attached hydrogen (secondary N) is 1. The molecule has 2 aromatic rings. The first-order valence-corrected chi connectivity index (χ1v) is 6.01. The fraction of sp³-hybridized carbons (Fsp3) is 0.273. The molecular weight excluding hydrogens is 298 g/mol. The number of aliphatic carboxylic acids is 1. The number of carbonyl (C=O) groups is 3. The number of furan rings is 1. The van der Waals surface area contributed by atoms with E-state index in [1.54, 1.807) is 0 Å². The third-order valence-corrected chi connectivity index (χ3v) is 2.54. The average Bonchev–Trinajstić information content (AvgIpc) is 3.07. The molecule has 3 N–H and O–H groups in total. The molecule has 11 heteroatoms. The third kappa shape index (κ3) is 3.88. The number of tetrazole rings is 1. The Morgan fingerprint density at radius 2 is 2.05 bits per heavy atom. The molecule has 2 heterocycles. The lowest BCUT2D eigenvalue weighted by Gasteiger charge is -2.03. The maximum absolute atomic E-state index is 11.5. The van der Waals surface area contributed by atoms with E-state index in [0.717, 1.165) is 0 Å². The van der Waals surface area contributed by atoms with E-state index in [9.17, 15) is 14.4 Å². The number of hydrogen-bond acceptors (Lipinski definition) is 7. The number of aromatic carboxylic acids is 1. The van der Waals surface area contributed by atoms with Gasteiger partial charge in [0.15, 0.2) is 5.82 Å². The highest BCUT2D eigenvalue weighted by atomic mass is 16.4. The van der Waals surface area contributed by atoms with Gasteiger partial charge in [0.25, 0.3) is 0 Å². The van der Waals surface area contributed by atoms with Gasteiger partial charge in [-0.15, -0.1) is 5.10 Å². The number of carbonyl (C=O) groups excluding carboxylic acids is 1. The van der Waals surface area contributed by atoms with Crippen molar-refractivity contribution in [2.45, 2.75) is 13.0 Å². The number of carboxylic acid groups (broad SMARTS) is 2. The Kier molecular flexibility index (Phi) is 4.46. The summed E-state index contributed by atoms with van der Waals surface area (Å²) in [5.74, 6) is -2.64. The van der Waals surface area contributed by atoms with E-state index in [1.807, 2.05) is 0 Å². The summed E-state index contributed by atoms with van der Waals surface area (Å²) in [6.45, 7) is -0.456. The first-order valence-electron chi connectivity index (χ1n) is 6.01. The monoisotopic (exact) mass is 309 g/mol. The summed E-state index contributed by atoms with van der Waals surface area (Å²) in [4.78, 5) is 32.6. The van der Waals surface area contributed by atoms with Gasteiger partial charge in [0.1, 0.15) is 18.8 Å². The van der Waals surface area contributed by atoms with Crippen molar-refractivity contribution in [1.29, 1.82) is 0 Å². The van der Waals surface area contributed by atoms with E-state index in [0.29, 0.717) is 5.76 Å². The molecule has 0 aliphatic rings. The van der Waals surface area contributed by atoms with Crippen LogP contribution in [0.3, 0.4) is 0 Å². The molecule has 0 spiro atoms. The van der Waals surface area contributed by atoms with Crippen LogP contribution in [-0.4, -0.2) is 54.8 Å². The molecule has 22 heavy (non-hydrogen) atoms. The molecule has 0 fully saturated rings. The Labute approximate surface area is 122 Å². The fourth-order valence-corrected chi connectivity index (χ4v) is 1.58. The predicted octanol–water partition coefficient (Wildman–Crippen LogP) is -1.24. The molecule has 0 aliphatic carbocycles. The Morgan fingerprint density at radius 1 is 1.27 bits per heavy atom. The molecule has 2 rings (SSSR count). The van der Waals surface area contributed by atoms with Crippen molar-refractivity contribution in [3.05, 3.63) is 29.5 Å². The summed E-state index contributed by atoms with van der Waals surface area (Å²) in [7, 11) is 0. The van der Waals surface area contributed by atoms with Gasteiger partial charge >= 0.3 is 11.9 Å². The zero-order valence-electron chi connectivity index (χ0n) is 11.1. The SMILES string of the molecule is O=C(O)CNC(=O)Cc1nnnn1Cc1ccc(C(=O)O)o1. The van der Waals surface area contributed by atoms with Crippen LogP contribution in [0.5, 0.6) is 0 Å². The largest absolute Gasteiger partial charge is 0.480 e. The fourth-order valence-electron chi connectivity index (χ4n) is 1.58. The maximum Gasteiger partial charge on any atom is 0.371 e. The molecule has 2 aromatic heterocycles. The third-order valence-electron chi connectivity index (χ3n) is 2.54. The van der Waals surface area contributed by atoms with E-state index in [4.69, 9.17) is 14.6 Å². The lowest BCUT2D eigenvalue weighted by molar-refractivity contribution is -0.137. The Morgan fingerprint density at radius 3 is 2.68 bits per heavy atom. The van der Waals surface area contributed by atoms with E-state index in [-0.39, 0.29) is 24.6 Å². The number of rotatable bonds is 7. The quantitative estimate of drug-likeness (QED) is 0.567. The van der Waals surface area contributed by atoms with Crippen LogP contribution in [0.2, 0.25) is 0 Å². The molecule has 0 saturated heterocycles. The van der Waals surface area contributed by atoms with Crippen molar-refractivity contribution < 1.29 is 29.0 Å². The van der Waals surface area contributed by atoms with Crippen molar-refractivity contribution in [3.8, 4) is 0 Å². The Bertz CT molecular complexity index is 705. The normalized spacial score (nSPS) is 10.4. The highest BCUT2D eigenvalue weighted by Crippen LogP contribution is 2.10. The van der Waals surface area contributed by atoms with Gasteiger partial charge < -0.3 is 19.9 Å².